The van der Waals surface area contributed by atoms with Crippen LogP contribution in [0.5, 0.6) is 0 Å². The molecule has 7 nitrogen and oxygen atoms in total. The summed E-state index contributed by atoms with van der Waals surface area (Å²) in [6.45, 7) is 7.71. The third-order valence-corrected chi connectivity index (χ3v) is 4.91. The lowest BCUT2D eigenvalue weighted by atomic mass is 10.1. The number of unbranched alkanes of at least 4 members (excludes halogenated alkanes) is 1. The van der Waals surface area contributed by atoms with E-state index in [1.165, 1.54) is 16.7 Å². The van der Waals surface area contributed by atoms with Crippen LogP contribution >= 0.6 is 0 Å². The molecule has 2 aromatic heterocycles. The molecule has 0 saturated heterocycles. The van der Waals surface area contributed by atoms with Crippen molar-refractivity contribution in [2.45, 2.75) is 59.7 Å². The average molecular weight is 401 g/mol. The smallest absolute Gasteiger partial charge is 0.330 e. The Kier molecular flexibility index (Phi) is 6.51. The maximum atomic E-state index is 13.5. The van der Waals surface area contributed by atoms with Gasteiger partial charge in [-0.15, -0.1) is 0 Å². The molecule has 1 aromatic carbocycles. The molecule has 0 saturated carbocycles. The number of hydrogen-bond donors (Lipinski definition) is 2. The fourth-order valence-electron chi connectivity index (χ4n) is 3.28. The van der Waals surface area contributed by atoms with Crippen LogP contribution in [0.25, 0.3) is 11.2 Å². The fourth-order valence-corrected chi connectivity index (χ4v) is 3.28. The van der Waals surface area contributed by atoms with E-state index in [0.717, 1.165) is 19.3 Å². The summed E-state index contributed by atoms with van der Waals surface area (Å²) in [7, 11) is 0. The summed E-state index contributed by atoms with van der Waals surface area (Å²) in [6.07, 6.45) is 2.61. The van der Waals surface area contributed by atoms with Gasteiger partial charge in [-0.1, -0.05) is 33.3 Å². The first-order chi connectivity index (χ1) is 13.9. The molecular weight excluding hydrogens is 373 g/mol. The van der Waals surface area contributed by atoms with Gasteiger partial charge in [0, 0.05) is 18.8 Å². The van der Waals surface area contributed by atoms with Gasteiger partial charge in [-0.05, 0) is 37.0 Å². The molecule has 0 fully saturated rings. The van der Waals surface area contributed by atoms with Crippen molar-refractivity contribution in [3.8, 4) is 0 Å². The molecule has 3 rings (SSSR count). The first-order valence-corrected chi connectivity index (χ1v) is 10.1. The van der Waals surface area contributed by atoms with Crippen molar-refractivity contribution in [2.75, 3.05) is 5.32 Å². The van der Waals surface area contributed by atoms with Crippen LogP contribution in [0.2, 0.25) is 0 Å². The summed E-state index contributed by atoms with van der Waals surface area (Å²) >= 11 is 0. The van der Waals surface area contributed by atoms with Crippen LogP contribution in [0.4, 0.5) is 10.1 Å². The van der Waals surface area contributed by atoms with E-state index in [1.54, 1.807) is 12.1 Å². The van der Waals surface area contributed by atoms with Gasteiger partial charge in [0.05, 0.1) is 6.54 Å². The average Bonchev–Trinajstić information content (AvgIpc) is 3.03. The van der Waals surface area contributed by atoms with E-state index in [9.17, 15) is 14.0 Å². The molecule has 0 bridgehead atoms. The highest BCUT2D eigenvalue weighted by molar-refractivity contribution is 5.71. The molecule has 3 aromatic rings. The van der Waals surface area contributed by atoms with E-state index in [4.69, 9.17) is 0 Å². The highest BCUT2D eigenvalue weighted by atomic mass is 19.1. The Bertz CT molecular complexity index is 1100. The number of nitrogens with zero attached hydrogens (tertiary/aromatic N) is 3. The quantitative estimate of drug-likeness (QED) is 0.575. The summed E-state index contributed by atoms with van der Waals surface area (Å²) < 4.78 is 16.9. The number of fused-ring (bicyclic) bond motifs is 1. The number of hydrogen-bond acceptors (Lipinski definition) is 4. The zero-order valence-electron chi connectivity index (χ0n) is 17.2. The van der Waals surface area contributed by atoms with Gasteiger partial charge in [-0.2, -0.15) is 0 Å². The summed E-state index contributed by atoms with van der Waals surface area (Å²) in [5.41, 5.74) is 0.592. The summed E-state index contributed by atoms with van der Waals surface area (Å²) in [5.74, 6) is 0.765. The van der Waals surface area contributed by atoms with E-state index in [1.807, 2.05) is 11.5 Å². The molecule has 0 unspecified atom stereocenters. The van der Waals surface area contributed by atoms with Crippen LogP contribution in [0.15, 0.2) is 33.9 Å². The number of H-pyrrole nitrogens is 1. The normalized spacial score (nSPS) is 11.5. The van der Waals surface area contributed by atoms with Gasteiger partial charge in [0.15, 0.2) is 11.2 Å². The van der Waals surface area contributed by atoms with Crippen molar-refractivity contribution in [1.82, 2.24) is 19.1 Å². The molecule has 29 heavy (non-hydrogen) atoms. The third-order valence-electron chi connectivity index (χ3n) is 4.91. The molecule has 156 valence electrons. The molecule has 0 aliphatic rings. The van der Waals surface area contributed by atoms with Gasteiger partial charge in [-0.3, -0.25) is 14.3 Å². The molecule has 8 heteroatoms. The Morgan fingerprint density at radius 3 is 2.69 bits per heavy atom. The lowest BCUT2D eigenvalue weighted by molar-refractivity contribution is 0.513. The molecule has 0 amide bonds. The SMILES string of the molecule is CCCCn1c(=O)[nH]c(=O)c2c1nc(CNc1cccc(F)c1)n2CCC(C)C. The second-order valence-corrected chi connectivity index (χ2v) is 7.66. The van der Waals surface area contributed by atoms with Gasteiger partial charge < -0.3 is 9.88 Å². The van der Waals surface area contributed by atoms with E-state index >= 15 is 0 Å². The predicted octanol–water partition coefficient (Wildman–Crippen LogP) is 3.48. The van der Waals surface area contributed by atoms with Gasteiger partial charge >= 0.3 is 5.69 Å². The lowest BCUT2D eigenvalue weighted by Gasteiger charge is -2.12. The Morgan fingerprint density at radius 2 is 2.00 bits per heavy atom. The second kappa shape index (κ2) is 9.07. The fraction of sp³-hybridized carbons (Fsp3) is 0.476. The highest BCUT2D eigenvalue weighted by Crippen LogP contribution is 2.17. The number of halogens is 1. The number of nitrogens with one attached hydrogen (secondary N) is 2. The number of imidazole rings is 1. The Balaban J connectivity index is 2.06. The maximum Gasteiger partial charge on any atom is 0.330 e. The third kappa shape index (κ3) is 4.75. The van der Waals surface area contributed by atoms with Gasteiger partial charge in [0.1, 0.15) is 11.6 Å². The largest absolute Gasteiger partial charge is 0.378 e. The number of benzene rings is 1. The zero-order chi connectivity index (χ0) is 21.0. The van der Waals surface area contributed by atoms with Crippen molar-refractivity contribution in [2.24, 2.45) is 5.92 Å². The molecule has 2 heterocycles. The van der Waals surface area contributed by atoms with Crippen molar-refractivity contribution >= 4 is 16.9 Å². The minimum absolute atomic E-state index is 0.317. The Morgan fingerprint density at radius 1 is 1.21 bits per heavy atom. The molecule has 0 aliphatic heterocycles. The number of anilines is 1. The summed E-state index contributed by atoms with van der Waals surface area (Å²) in [4.78, 5) is 32.1. The van der Waals surface area contributed by atoms with Crippen LogP contribution in [0.3, 0.4) is 0 Å². The number of aromatic nitrogens is 4. The first kappa shape index (κ1) is 20.8. The van der Waals surface area contributed by atoms with Crippen molar-refractivity contribution in [1.29, 1.82) is 0 Å². The summed E-state index contributed by atoms with van der Waals surface area (Å²) in [6, 6.07) is 6.20. The van der Waals surface area contributed by atoms with Gasteiger partial charge in [-0.25, -0.2) is 14.2 Å². The Labute approximate surface area is 168 Å². The van der Waals surface area contributed by atoms with Crippen molar-refractivity contribution in [3.63, 3.8) is 0 Å². The van der Waals surface area contributed by atoms with Crippen LogP contribution in [-0.2, 0) is 19.6 Å². The first-order valence-electron chi connectivity index (χ1n) is 10.1. The molecule has 0 aliphatic carbocycles. The molecule has 0 atom stereocenters. The topological polar surface area (TPSA) is 84.7 Å². The second-order valence-electron chi connectivity index (χ2n) is 7.66. The van der Waals surface area contributed by atoms with Gasteiger partial charge in [0.25, 0.3) is 5.56 Å². The number of aryl methyl sites for hydroxylation is 2. The molecular formula is C21H28FN5O2. The van der Waals surface area contributed by atoms with Crippen molar-refractivity contribution < 1.29 is 4.39 Å². The molecule has 0 spiro atoms. The van der Waals surface area contributed by atoms with Crippen molar-refractivity contribution in [3.05, 3.63) is 56.7 Å². The van der Waals surface area contributed by atoms with Crippen LogP contribution in [0, 0.1) is 11.7 Å². The van der Waals surface area contributed by atoms with E-state index in [-0.39, 0.29) is 5.82 Å². The highest BCUT2D eigenvalue weighted by Gasteiger charge is 2.18. The minimum atomic E-state index is -0.436. The van der Waals surface area contributed by atoms with E-state index < -0.39 is 11.2 Å². The van der Waals surface area contributed by atoms with Gasteiger partial charge in [0.2, 0.25) is 0 Å². The standard InChI is InChI=1S/C21H28FN5O2/c1-4-5-10-27-19-18(20(28)25-21(27)29)26(11-9-14(2)3)17(24-19)13-23-16-8-6-7-15(22)12-16/h6-8,12,14,23H,4-5,9-11,13H2,1-3H3,(H,25,28,29). The predicted molar refractivity (Wildman–Crippen MR) is 113 cm³/mol. The summed E-state index contributed by atoms with van der Waals surface area (Å²) in [5, 5.41) is 3.16. The lowest BCUT2D eigenvalue weighted by Crippen LogP contribution is -2.31. The van der Waals surface area contributed by atoms with E-state index in [0.29, 0.717) is 48.2 Å². The zero-order valence-corrected chi connectivity index (χ0v) is 17.2. The van der Waals surface area contributed by atoms with Crippen LogP contribution in [-0.4, -0.2) is 19.1 Å². The Hall–Kier alpha value is -2.90. The molecule has 2 N–H and O–H groups in total. The minimum Gasteiger partial charge on any atom is -0.378 e. The monoisotopic (exact) mass is 401 g/mol. The van der Waals surface area contributed by atoms with Crippen LogP contribution in [0.1, 0.15) is 45.9 Å². The molecule has 0 radical (unpaired) electrons. The number of aromatic amines is 1. The van der Waals surface area contributed by atoms with Crippen LogP contribution < -0.4 is 16.6 Å². The number of rotatable bonds is 9. The van der Waals surface area contributed by atoms with E-state index in [2.05, 4.69) is 29.1 Å². The maximum absolute atomic E-state index is 13.5.